The van der Waals surface area contributed by atoms with Gasteiger partial charge in [0.25, 0.3) is 0 Å². The van der Waals surface area contributed by atoms with Gasteiger partial charge in [-0.2, -0.15) is 0 Å². The number of hydrogen-bond donors (Lipinski definition) is 1. The minimum absolute atomic E-state index is 0.103. The largest absolute Gasteiger partial charge is 0.457 e. The summed E-state index contributed by atoms with van der Waals surface area (Å²) in [6, 6.07) is -0.740. The van der Waals surface area contributed by atoms with E-state index in [-0.39, 0.29) is 18.6 Å². The zero-order valence-corrected chi connectivity index (χ0v) is 13.5. The molecule has 0 bridgehead atoms. The number of nitrogens with one attached hydrogen (secondary N) is 1. The zero-order chi connectivity index (χ0) is 16.4. The highest BCUT2D eigenvalue weighted by atomic mass is 16.6. The number of carbonyl (C=O) groups is 2. The van der Waals surface area contributed by atoms with Gasteiger partial charge in [0.1, 0.15) is 12.1 Å². The summed E-state index contributed by atoms with van der Waals surface area (Å²) in [5, 5.41) is 2.52. The molecule has 5 heteroatoms. The molecule has 0 fully saturated rings. The van der Waals surface area contributed by atoms with E-state index < -0.39 is 18.1 Å². The van der Waals surface area contributed by atoms with Gasteiger partial charge >= 0.3 is 12.1 Å². The van der Waals surface area contributed by atoms with Crippen LogP contribution in [0.3, 0.4) is 0 Å². The van der Waals surface area contributed by atoms with Crippen molar-refractivity contribution < 1.29 is 19.1 Å². The monoisotopic (exact) mass is 297 g/mol. The molecular weight excluding hydrogens is 270 g/mol. The summed E-state index contributed by atoms with van der Waals surface area (Å²) in [6.07, 6.45) is 1.96. The van der Waals surface area contributed by atoms with Crippen molar-refractivity contribution in [3.05, 3.63) is 24.8 Å². The van der Waals surface area contributed by atoms with E-state index in [1.165, 1.54) is 0 Å². The molecule has 0 rings (SSSR count). The highest BCUT2D eigenvalue weighted by molar-refractivity contribution is 5.81. The van der Waals surface area contributed by atoms with Gasteiger partial charge in [-0.05, 0) is 32.6 Å². The average Bonchev–Trinajstić information content (AvgIpc) is 2.40. The first-order valence-electron chi connectivity index (χ1n) is 7.22. The lowest BCUT2D eigenvalue weighted by atomic mass is 10.0. The van der Waals surface area contributed by atoms with Crippen LogP contribution in [0.1, 0.15) is 40.5 Å². The number of amides is 1. The van der Waals surface area contributed by atoms with Crippen LogP contribution in [0, 0.1) is 5.92 Å². The van der Waals surface area contributed by atoms with Gasteiger partial charge in [0, 0.05) is 0 Å². The fourth-order valence-electron chi connectivity index (χ4n) is 1.63. The molecule has 5 nitrogen and oxygen atoms in total. The van der Waals surface area contributed by atoms with E-state index >= 15 is 0 Å². The third kappa shape index (κ3) is 8.17. The quantitative estimate of drug-likeness (QED) is 0.524. The van der Waals surface area contributed by atoms with Crippen LogP contribution in [-0.4, -0.2) is 30.8 Å². The van der Waals surface area contributed by atoms with Gasteiger partial charge in [-0.1, -0.05) is 32.1 Å². The van der Waals surface area contributed by atoms with Crippen LogP contribution in [0.25, 0.3) is 0 Å². The van der Waals surface area contributed by atoms with Crippen molar-refractivity contribution in [1.82, 2.24) is 5.32 Å². The minimum atomic E-state index is -0.740. The third-order valence-electron chi connectivity index (χ3n) is 2.86. The topological polar surface area (TPSA) is 64.6 Å². The Balaban J connectivity index is 4.61. The van der Waals surface area contributed by atoms with E-state index in [1.54, 1.807) is 13.0 Å². The molecule has 0 spiro atoms. The van der Waals surface area contributed by atoms with Crippen molar-refractivity contribution in [2.24, 2.45) is 5.92 Å². The summed E-state index contributed by atoms with van der Waals surface area (Å²) in [7, 11) is 0. The van der Waals surface area contributed by atoms with E-state index in [1.807, 2.05) is 20.8 Å². The van der Waals surface area contributed by atoms with Gasteiger partial charge < -0.3 is 14.8 Å². The van der Waals surface area contributed by atoms with E-state index in [2.05, 4.69) is 18.5 Å². The Hall–Kier alpha value is -1.78. The first-order valence-corrected chi connectivity index (χ1v) is 7.22. The van der Waals surface area contributed by atoms with Crippen molar-refractivity contribution in [2.45, 2.75) is 52.7 Å². The number of allylic oxidation sites excluding steroid dienone is 1. The molecule has 0 aromatic rings. The Morgan fingerprint density at radius 1 is 1.33 bits per heavy atom. The molecule has 2 atom stereocenters. The number of alkyl carbamates (subject to hydrolysis) is 1. The molecule has 0 unspecified atom stereocenters. The number of carbonyl (C=O) groups excluding carboxylic acids is 2. The molecule has 0 saturated carbocycles. The van der Waals surface area contributed by atoms with E-state index in [4.69, 9.17) is 9.47 Å². The van der Waals surface area contributed by atoms with Crippen LogP contribution in [-0.2, 0) is 14.3 Å². The van der Waals surface area contributed by atoms with Crippen LogP contribution in [0.5, 0.6) is 0 Å². The predicted octanol–water partition coefficient (Wildman–Crippen LogP) is 3.21. The molecule has 0 saturated heterocycles. The van der Waals surface area contributed by atoms with Crippen molar-refractivity contribution in [3.8, 4) is 0 Å². The summed E-state index contributed by atoms with van der Waals surface area (Å²) in [4.78, 5) is 23.6. The van der Waals surface area contributed by atoms with Gasteiger partial charge in [0.2, 0.25) is 0 Å². The highest BCUT2D eigenvalue weighted by Crippen LogP contribution is 2.12. The van der Waals surface area contributed by atoms with Crippen LogP contribution < -0.4 is 5.32 Å². The normalized spacial score (nSPS) is 13.2. The third-order valence-corrected chi connectivity index (χ3v) is 2.86. The summed E-state index contributed by atoms with van der Waals surface area (Å²) in [5.74, 6) is -0.585. The van der Waals surface area contributed by atoms with Crippen molar-refractivity contribution >= 4 is 12.1 Å². The highest BCUT2D eigenvalue weighted by Gasteiger charge is 2.27. The molecule has 0 aliphatic carbocycles. The second-order valence-corrected chi connectivity index (χ2v) is 5.29. The lowest BCUT2D eigenvalue weighted by Crippen LogP contribution is -2.46. The Kier molecular flexibility index (Phi) is 9.17. The van der Waals surface area contributed by atoms with Crippen molar-refractivity contribution in [3.63, 3.8) is 0 Å². The second kappa shape index (κ2) is 10.0. The first kappa shape index (κ1) is 19.2. The molecule has 0 radical (unpaired) electrons. The van der Waals surface area contributed by atoms with Gasteiger partial charge in [0.15, 0.2) is 0 Å². The van der Waals surface area contributed by atoms with Crippen LogP contribution in [0.15, 0.2) is 24.8 Å². The molecule has 0 heterocycles. The van der Waals surface area contributed by atoms with Gasteiger partial charge in [0.05, 0.1) is 6.61 Å². The lowest BCUT2D eigenvalue weighted by molar-refractivity contribution is -0.150. The maximum atomic E-state index is 12.2. The Morgan fingerprint density at radius 3 is 2.38 bits per heavy atom. The van der Waals surface area contributed by atoms with Gasteiger partial charge in [-0.25, -0.2) is 9.59 Å². The number of esters is 1. The first-order chi connectivity index (χ1) is 9.81. The molecule has 21 heavy (non-hydrogen) atoms. The van der Waals surface area contributed by atoms with Crippen molar-refractivity contribution in [1.29, 1.82) is 0 Å². The molecule has 0 aliphatic heterocycles. The SMILES string of the molecule is C=C[C@@H](CCC(=C)C)OC(=O)[C@@H](NC(=O)OCC)C(C)C. The van der Waals surface area contributed by atoms with Gasteiger partial charge in [-0.3, -0.25) is 0 Å². The Labute approximate surface area is 127 Å². The fraction of sp³-hybridized carbons (Fsp3) is 0.625. The van der Waals surface area contributed by atoms with Crippen molar-refractivity contribution in [2.75, 3.05) is 6.61 Å². The summed E-state index contributed by atoms with van der Waals surface area (Å²) in [6.45, 7) is 15.0. The maximum Gasteiger partial charge on any atom is 0.407 e. The molecule has 0 aromatic heterocycles. The average molecular weight is 297 g/mol. The number of hydrogen-bond acceptors (Lipinski definition) is 4. The molecule has 1 amide bonds. The zero-order valence-electron chi connectivity index (χ0n) is 13.5. The lowest BCUT2D eigenvalue weighted by Gasteiger charge is -2.23. The maximum absolute atomic E-state index is 12.2. The van der Waals surface area contributed by atoms with Crippen LogP contribution in [0.4, 0.5) is 4.79 Å². The van der Waals surface area contributed by atoms with E-state index in [9.17, 15) is 9.59 Å². The molecule has 0 aliphatic rings. The smallest absolute Gasteiger partial charge is 0.407 e. The van der Waals surface area contributed by atoms with Crippen LogP contribution in [0.2, 0.25) is 0 Å². The van der Waals surface area contributed by atoms with E-state index in [0.717, 1.165) is 12.0 Å². The summed E-state index contributed by atoms with van der Waals surface area (Å²) < 4.78 is 10.2. The molecule has 0 aromatic carbocycles. The minimum Gasteiger partial charge on any atom is -0.457 e. The predicted molar refractivity (Wildman–Crippen MR) is 82.9 cm³/mol. The summed E-state index contributed by atoms with van der Waals surface area (Å²) in [5.41, 5.74) is 1.02. The van der Waals surface area contributed by atoms with Crippen LogP contribution >= 0.6 is 0 Å². The number of ether oxygens (including phenoxy) is 2. The Bertz CT molecular complexity index is 376. The summed E-state index contributed by atoms with van der Waals surface area (Å²) >= 11 is 0. The standard InChI is InChI=1S/C16H27NO4/c1-7-13(10-9-11(3)4)21-15(18)14(12(5)6)17-16(19)20-8-2/h7,12-14H,1,3,8-10H2,2,4-6H3,(H,17,19)/t13-,14-/m0/s1. The Morgan fingerprint density at radius 2 is 1.95 bits per heavy atom. The fourth-order valence-corrected chi connectivity index (χ4v) is 1.63. The van der Waals surface area contributed by atoms with Gasteiger partial charge in [-0.15, -0.1) is 6.58 Å². The van der Waals surface area contributed by atoms with E-state index in [0.29, 0.717) is 6.42 Å². The molecule has 120 valence electrons. The second-order valence-electron chi connectivity index (χ2n) is 5.29. The molecule has 1 N–H and O–H groups in total. The molecular formula is C16H27NO4. The number of rotatable bonds is 9.